The summed E-state index contributed by atoms with van der Waals surface area (Å²) >= 11 is 0. The third-order valence-corrected chi connectivity index (χ3v) is 6.59. The molecule has 4 rings (SSSR count). The van der Waals surface area contributed by atoms with Gasteiger partial charge in [-0.05, 0) is 67.0 Å². The number of fused-ring (bicyclic) bond motifs is 1. The maximum Gasteiger partial charge on any atom is 0.573 e. The van der Waals surface area contributed by atoms with Gasteiger partial charge in [-0.2, -0.15) is 0 Å². The van der Waals surface area contributed by atoms with E-state index in [-0.39, 0.29) is 29.7 Å². The maximum absolute atomic E-state index is 12.5. The van der Waals surface area contributed by atoms with Crippen LogP contribution >= 0.6 is 0 Å². The second-order valence-corrected chi connectivity index (χ2v) is 10.8. The number of aromatic nitrogens is 2. The zero-order valence-corrected chi connectivity index (χ0v) is 21.7. The van der Waals surface area contributed by atoms with E-state index in [0.29, 0.717) is 28.8 Å². The Bertz CT molecular complexity index is 1250. The lowest BCUT2D eigenvalue weighted by Gasteiger charge is -2.40. The Morgan fingerprint density at radius 1 is 1.14 bits per heavy atom. The first-order valence-electron chi connectivity index (χ1n) is 12.3. The van der Waals surface area contributed by atoms with Crippen LogP contribution in [0.5, 0.6) is 11.5 Å². The predicted molar refractivity (Wildman–Crippen MR) is 136 cm³/mol. The van der Waals surface area contributed by atoms with Gasteiger partial charge < -0.3 is 24.3 Å². The number of hydrogen-bond donors (Lipinski definition) is 1. The molecular weight excluding hydrogens is 485 g/mol. The Labute approximate surface area is 214 Å². The number of rotatable bonds is 7. The molecule has 1 N–H and O–H groups in total. The summed E-state index contributed by atoms with van der Waals surface area (Å²) in [6, 6.07) is 11.3. The van der Waals surface area contributed by atoms with E-state index < -0.39 is 6.36 Å². The van der Waals surface area contributed by atoms with E-state index in [0.717, 1.165) is 24.8 Å². The molecular formula is C27H33F3N4O3. The van der Waals surface area contributed by atoms with Crippen molar-refractivity contribution in [3.05, 3.63) is 42.5 Å². The lowest BCUT2D eigenvalue weighted by Crippen LogP contribution is -2.29. The Morgan fingerprint density at radius 3 is 2.43 bits per heavy atom. The second-order valence-electron chi connectivity index (χ2n) is 10.8. The number of amides is 1. The molecule has 37 heavy (non-hydrogen) atoms. The average Bonchev–Trinajstić information content (AvgIpc) is 3.13. The number of anilines is 2. The molecule has 3 aromatic rings. The van der Waals surface area contributed by atoms with Gasteiger partial charge in [-0.25, -0.2) is 4.98 Å². The molecule has 1 aliphatic rings. The molecule has 7 nitrogen and oxygen atoms in total. The third kappa shape index (κ3) is 6.67. The largest absolute Gasteiger partial charge is 0.573 e. The van der Waals surface area contributed by atoms with Crippen molar-refractivity contribution >= 4 is 28.6 Å². The highest BCUT2D eigenvalue weighted by Gasteiger charge is 2.35. The van der Waals surface area contributed by atoms with Crippen molar-refractivity contribution in [2.45, 2.75) is 52.4 Å². The number of carbonyl (C=O) groups excluding carboxylic acids is 1. The van der Waals surface area contributed by atoms with Gasteiger partial charge in [0.1, 0.15) is 11.5 Å². The molecule has 0 aliphatic heterocycles. The number of imidazole rings is 1. The summed E-state index contributed by atoms with van der Waals surface area (Å²) < 4.78 is 49.5. The van der Waals surface area contributed by atoms with Gasteiger partial charge in [0.15, 0.2) is 6.61 Å². The molecule has 2 atom stereocenters. The van der Waals surface area contributed by atoms with Crippen molar-refractivity contribution in [3.63, 3.8) is 0 Å². The standard InChI is InChI=1S/C27H33F3N4O3/c1-17-12-19(15-26(2,3)14-17)34-23-11-10-21(36-16-24(35)33(4)5)13-22(23)32-25(34)31-18-6-8-20(9-7-18)37-27(28,29)30/h6-11,13,17,19H,12,14-16H2,1-5H3,(H,31,32)/t17-,19-/m1/s1. The molecule has 1 fully saturated rings. The van der Waals surface area contributed by atoms with Crippen LogP contribution in [0.1, 0.15) is 46.1 Å². The first-order valence-corrected chi connectivity index (χ1v) is 12.3. The fraction of sp³-hybridized carbons (Fsp3) is 0.481. The van der Waals surface area contributed by atoms with E-state index in [2.05, 4.69) is 35.4 Å². The quantitative estimate of drug-likeness (QED) is 0.385. The topological polar surface area (TPSA) is 68.6 Å². The van der Waals surface area contributed by atoms with E-state index in [4.69, 9.17) is 9.72 Å². The number of likely N-dealkylation sites (N-methyl/N-ethyl adjacent to an activating group) is 1. The summed E-state index contributed by atoms with van der Waals surface area (Å²) in [5.74, 6) is 1.21. The van der Waals surface area contributed by atoms with Gasteiger partial charge in [-0.3, -0.25) is 4.79 Å². The van der Waals surface area contributed by atoms with E-state index in [1.807, 2.05) is 12.1 Å². The van der Waals surface area contributed by atoms with Crippen LogP contribution < -0.4 is 14.8 Å². The van der Waals surface area contributed by atoms with Gasteiger partial charge in [0.2, 0.25) is 5.95 Å². The highest BCUT2D eigenvalue weighted by molar-refractivity contribution is 5.82. The molecule has 1 aliphatic carbocycles. The monoisotopic (exact) mass is 518 g/mol. The summed E-state index contributed by atoms with van der Waals surface area (Å²) in [6.07, 6.45) is -1.66. The van der Waals surface area contributed by atoms with Crippen molar-refractivity contribution in [1.82, 2.24) is 14.5 Å². The molecule has 2 aromatic carbocycles. The fourth-order valence-electron chi connectivity index (χ4n) is 5.26. The van der Waals surface area contributed by atoms with Crippen molar-refractivity contribution in [2.24, 2.45) is 11.3 Å². The van der Waals surface area contributed by atoms with Crippen molar-refractivity contribution in [2.75, 3.05) is 26.0 Å². The Hall–Kier alpha value is -3.43. The van der Waals surface area contributed by atoms with Crippen molar-refractivity contribution in [3.8, 4) is 11.5 Å². The first-order chi connectivity index (χ1) is 17.3. The van der Waals surface area contributed by atoms with Crippen LogP contribution in [0.4, 0.5) is 24.8 Å². The summed E-state index contributed by atoms with van der Waals surface area (Å²) in [6.45, 7) is 6.72. The minimum absolute atomic E-state index is 0.0784. The van der Waals surface area contributed by atoms with E-state index in [1.165, 1.54) is 29.2 Å². The van der Waals surface area contributed by atoms with E-state index in [9.17, 15) is 18.0 Å². The van der Waals surface area contributed by atoms with E-state index >= 15 is 0 Å². The number of carbonyl (C=O) groups is 1. The average molecular weight is 519 g/mol. The Balaban J connectivity index is 1.68. The van der Waals surface area contributed by atoms with Crippen LogP contribution in [-0.2, 0) is 4.79 Å². The summed E-state index contributed by atoms with van der Waals surface area (Å²) in [4.78, 5) is 18.2. The second kappa shape index (κ2) is 10.1. The number of hydrogen-bond acceptors (Lipinski definition) is 5. The summed E-state index contributed by atoms with van der Waals surface area (Å²) in [5.41, 5.74) is 2.36. The molecule has 1 amide bonds. The molecule has 200 valence electrons. The van der Waals surface area contributed by atoms with E-state index in [1.54, 1.807) is 20.2 Å². The number of nitrogens with one attached hydrogen (secondary N) is 1. The number of alkyl halides is 3. The van der Waals surface area contributed by atoms with Crippen LogP contribution in [0.15, 0.2) is 42.5 Å². The van der Waals surface area contributed by atoms with Crippen LogP contribution in [-0.4, -0.2) is 47.4 Å². The molecule has 0 saturated heterocycles. The maximum atomic E-state index is 12.5. The number of nitrogens with zero attached hydrogens (tertiary/aromatic N) is 3. The fourth-order valence-corrected chi connectivity index (χ4v) is 5.26. The normalized spacial score (nSPS) is 19.5. The van der Waals surface area contributed by atoms with Gasteiger partial charge in [0.25, 0.3) is 5.91 Å². The first kappa shape index (κ1) is 26.6. The molecule has 0 bridgehead atoms. The minimum Gasteiger partial charge on any atom is -0.484 e. The zero-order valence-electron chi connectivity index (χ0n) is 21.7. The lowest BCUT2D eigenvalue weighted by atomic mass is 9.70. The van der Waals surface area contributed by atoms with Gasteiger partial charge in [-0.1, -0.05) is 20.8 Å². The van der Waals surface area contributed by atoms with Gasteiger partial charge in [0.05, 0.1) is 11.0 Å². The third-order valence-electron chi connectivity index (χ3n) is 6.59. The predicted octanol–water partition coefficient (Wildman–Crippen LogP) is 6.53. The summed E-state index contributed by atoms with van der Waals surface area (Å²) in [5, 5.41) is 3.29. The molecule has 10 heteroatoms. The van der Waals surface area contributed by atoms with Crippen LogP contribution in [0.2, 0.25) is 0 Å². The summed E-state index contributed by atoms with van der Waals surface area (Å²) in [7, 11) is 3.34. The van der Waals surface area contributed by atoms with Crippen molar-refractivity contribution in [1.29, 1.82) is 0 Å². The Kier molecular flexibility index (Phi) is 7.30. The van der Waals surface area contributed by atoms with Crippen LogP contribution in [0.25, 0.3) is 11.0 Å². The minimum atomic E-state index is -4.75. The van der Waals surface area contributed by atoms with Crippen LogP contribution in [0, 0.1) is 11.3 Å². The molecule has 0 radical (unpaired) electrons. The molecule has 1 heterocycles. The molecule has 1 aromatic heterocycles. The van der Waals surface area contributed by atoms with Crippen molar-refractivity contribution < 1.29 is 27.4 Å². The lowest BCUT2D eigenvalue weighted by molar-refractivity contribution is -0.274. The molecule has 1 saturated carbocycles. The van der Waals surface area contributed by atoms with Gasteiger partial charge >= 0.3 is 6.36 Å². The number of ether oxygens (including phenoxy) is 2. The van der Waals surface area contributed by atoms with Gasteiger partial charge in [-0.15, -0.1) is 13.2 Å². The number of halogens is 3. The van der Waals surface area contributed by atoms with Gasteiger partial charge in [0, 0.05) is 31.9 Å². The Morgan fingerprint density at radius 2 is 1.81 bits per heavy atom. The SMILES string of the molecule is C[C@@H]1C[C@@H](n2c(Nc3ccc(OC(F)(F)F)cc3)nc3cc(OCC(=O)N(C)C)ccc32)CC(C)(C)C1. The molecule has 0 unspecified atom stereocenters. The molecule has 0 spiro atoms. The van der Waals surface area contributed by atoms with Crippen LogP contribution in [0.3, 0.4) is 0 Å². The highest BCUT2D eigenvalue weighted by atomic mass is 19.4. The number of benzene rings is 2. The highest BCUT2D eigenvalue weighted by Crippen LogP contribution is 2.46. The zero-order chi connectivity index (χ0) is 27.0. The smallest absolute Gasteiger partial charge is 0.484 e.